The SMILES string of the molecule is NC(=O)C1CCCN(C(=O)/C=C/c2cn(-c3ccccc3)nc2-c2cccs2)C1. The summed E-state index contributed by atoms with van der Waals surface area (Å²) in [6.07, 6.45) is 6.83. The molecule has 7 heteroatoms. The van der Waals surface area contributed by atoms with E-state index in [1.54, 1.807) is 28.4 Å². The number of amides is 2. The van der Waals surface area contributed by atoms with Crippen molar-refractivity contribution in [1.29, 1.82) is 0 Å². The molecule has 0 radical (unpaired) electrons. The van der Waals surface area contributed by atoms with Gasteiger partial charge in [0.1, 0.15) is 5.69 Å². The first-order valence-corrected chi connectivity index (χ1v) is 10.4. The fraction of sp³-hybridized carbons (Fsp3) is 0.227. The number of benzene rings is 1. The highest BCUT2D eigenvalue weighted by atomic mass is 32.1. The standard InChI is InChI=1S/C22H22N4O2S/c23-22(28)17-6-4-12-25(14-17)20(27)11-10-16-15-26(18-7-2-1-3-8-18)24-21(16)19-9-5-13-29-19/h1-3,5,7-11,13,15,17H,4,6,12,14H2,(H2,23,28)/b11-10+. The maximum Gasteiger partial charge on any atom is 0.246 e. The van der Waals surface area contributed by atoms with Gasteiger partial charge in [-0.1, -0.05) is 24.3 Å². The van der Waals surface area contributed by atoms with E-state index in [1.165, 1.54) is 0 Å². The van der Waals surface area contributed by atoms with Crippen LogP contribution in [0.2, 0.25) is 0 Å². The van der Waals surface area contributed by atoms with Gasteiger partial charge in [0, 0.05) is 30.9 Å². The van der Waals surface area contributed by atoms with Crippen LogP contribution < -0.4 is 5.73 Å². The molecule has 2 amide bonds. The van der Waals surface area contributed by atoms with Crippen molar-refractivity contribution in [3.05, 3.63) is 65.7 Å². The Balaban J connectivity index is 1.59. The molecule has 2 aromatic heterocycles. The van der Waals surface area contributed by atoms with E-state index in [-0.39, 0.29) is 17.7 Å². The topological polar surface area (TPSA) is 81.2 Å². The Hall–Kier alpha value is -3.19. The number of piperidine rings is 1. The molecule has 4 rings (SSSR count). The number of para-hydroxylation sites is 1. The number of thiophene rings is 1. The van der Waals surface area contributed by atoms with Crippen molar-refractivity contribution in [3.8, 4) is 16.3 Å². The first-order chi connectivity index (χ1) is 14.1. The molecule has 0 bridgehead atoms. The summed E-state index contributed by atoms with van der Waals surface area (Å²) < 4.78 is 1.82. The molecule has 1 aromatic carbocycles. The molecule has 0 saturated carbocycles. The average Bonchev–Trinajstić information content (AvgIpc) is 3.42. The quantitative estimate of drug-likeness (QED) is 0.660. The van der Waals surface area contributed by atoms with Crippen molar-refractivity contribution in [2.45, 2.75) is 12.8 Å². The van der Waals surface area contributed by atoms with Gasteiger partial charge in [-0.25, -0.2) is 4.68 Å². The summed E-state index contributed by atoms with van der Waals surface area (Å²) in [6, 6.07) is 13.9. The van der Waals surface area contributed by atoms with E-state index in [9.17, 15) is 9.59 Å². The third-order valence-electron chi connectivity index (χ3n) is 5.06. The maximum absolute atomic E-state index is 12.7. The zero-order chi connectivity index (χ0) is 20.2. The second kappa shape index (κ2) is 8.45. The van der Waals surface area contributed by atoms with Gasteiger partial charge in [0.25, 0.3) is 0 Å². The third kappa shape index (κ3) is 4.30. The van der Waals surface area contributed by atoms with Crippen LogP contribution in [0.15, 0.2) is 60.1 Å². The number of carbonyl (C=O) groups is 2. The predicted octanol–water partition coefficient (Wildman–Crippen LogP) is 3.34. The smallest absolute Gasteiger partial charge is 0.246 e. The summed E-state index contributed by atoms with van der Waals surface area (Å²) in [4.78, 5) is 26.9. The van der Waals surface area contributed by atoms with E-state index in [0.717, 1.165) is 34.7 Å². The summed E-state index contributed by atoms with van der Waals surface area (Å²) in [6.45, 7) is 1.04. The van der Waals surface area contributed by atoms with E-state index in [1.807, 2.05) is 58.7 Å². The first-order valence-electron chi connectivity index (χ1n) is 9.57. The van der Waals surface area contributed by atoms with Gasteiger partial charge in [-0.2, -0.15) is 5.10 Å². The van der Waals surface area contributed by atoms with Gasteiger partial charge in [-0.15, -0.1) is 11.3 Å². The number of nitrogens with zero attached hydrogens (tertiary/aromatic N) is 3. The van der Waals surface area contributed by atoms with Crippen LogP contribution in [-0.4, -0.2) is 39.6 Å². The molecular weight excluding hydrogens is 384 g/mol. The fourth-order valence-corrected chi connectivity index (χ4v) is 4.23. The highest BCUT2D eigenvalue weighted by Crippen LogP contribution is 2.28. The zero-order valence-corrected chi connectivity index (χ0v) is 16.7. The number of likely N-dealkylation sites (tertiary alicyclic amines) is 1. The Labute approximate surface area is 173 Å². The molecule has 3 aromatic rings. The van der Waals surface area contributed by atoms with E-state index in [4.69, 9.17) is 10.8 Å². The molecule has 1 aliphatic heterocycles. The number of rotatable bonds is 5. The van der Waals surface area contributed by atoms with Crippen LogP contribution in [0.25, 0.3) is 22.3 Å². The zero-order valence-electron chi connectivity index (χ0n) is 15.9. The van der Waals surface area contributed by atoms with Crippen molar-refractivity contribution in [2.24, 2.45) is 11.7 Å². The van der Waals surface area contributed by atoms with Crippen LogP contribution in [0.3, 0.4) is 0 Å². The normalized spacial score (nSPS) is 17.0. The Kier molecular flexibility index (Phi) is 5.57. The molecule has 0 aliphatic carbocycles. The number of carbonyl (C=O) groups excluding carboxylic acids is 2. The van der Waals surface area contributed by atoms with Gasteiger partial charge in [0.05, 0.1) is 16.5 Å². The van der Waals surface area contributed by atoms with Gasteiger partial charge in [0.15, 0.2) is 0 Å². The third-order valence-corrected chi connectivity index (χ3v) is 5.94. The molecule has 1 saturated heterocycles. The van der Waals surface area contributed by atoms with Crippen molar-refractivity contribution >= 4 is 29.2 Å². The Morgan fingerprint density at radius 1 is 1.17 bits per heavy atom. The van der Waals surface area contributed by atoms with Crippen molar-refractivity contribution < 1.29 is 9.59 Å². The van der Waals surface area contributed by atoms with Gasteiger partial charge < -0.3 is 10.6 Å². The Morgan fingerprint density at radius 3 is 2.72 bits per heavy atom. The van der Waals surface area contributed by atoms with Gasteiger partial charge in [0.2, 0.25) is 11.8 Å². The summed E-state index contributed by atoms with van der Waals surface area (Å²) in [5, 5.41) is 6.75. The summed E-state index contributed by atoms with van der Waals surface area (Å²) >= 11 is 1.61. The van der Waals surface area contributed by atoms with E-state index in [0.29, 0.717) is 13.1 Å². The first kappa shape index (κ1) is 19.1. The molecule has 29 heavy (non-hydrogen) atoms. The van der Waals surface area contributed by atoms with Crippen LogP contribution in [0, 0.1) is 5.92 Å². The molecule has 1 fully saturated rings. The lowest BCUT2D eigenvalue weighted by atomic mass is 9.97. The van der Waals surface area contributed by atoms with Crippen LogP contribution in [0.5, 0.6) is 0 Å². The minimum Gasteiger partial charge on any atom is -0.369 e. The average molecular weight is 407 g/mol. The second-order valence-corrected chi connectivity index (χ2v) is 8.00. The molecule has 3 heterocycles. The van der Waals surface area contributed by atoms with Crippen LogP contribution in [0.4, 0.5) is 0 Å². The summed E-state index contributed by atoms with van der Waals surface area (Å²) in [7, 11) is 0. The minimum atomic E-state index is -0.337. The second-order valence-electron chi connectivity index (χ2n) is 7.05. The number of aromatic nitrogens is 2. The molecule has 1 atom stereocenters. The van der Waals surface area contributed by atoms with Crippen molar-refractivity contribution in [2.75, 3.05) is 13.1 Å². The van der Waals surface area contributed by atoms with E-state index in [2.05, 4.69) is 0 Å². The monoisotopic (exact) mass is 406 g/mol. The Bertz CT molecular complexity index is 1020. The maximum atomic E-state index is 12.7. The number of primary amides is 1. The predicted molar refractivity (Wildman–Crippen MR) is 114 cm³/mol. The molecule has 148 valence electrons. The van der Waals surface area contributed by atoms with Crippen LogP contribution in [-0.2, 0) is 9.59 Å². The molecule has 0 spiro atoms. The van der Waals surface area contributed by atoms with Crippen molar-refractivity contribution in [1.82, 2.24) is 14.7 Å². The highest BCUT2D eigenvalue weighted by Gasteiger charge is 2.26. The summed E-state index contributed by atoms with van der Waals surface area (Å²) in [5.41, 5.74) is 8.08. The van der Waals surface area contributed by atoms with Crippen LogP contribution >= 0.6 is 11.3 Å². The van der Waals surface area contributed by atoms with E-state index >= 15 is 0 Å². The minimum absolute atomic E-state index is 0.111. The fourth-order valence-electron chi connectivity index (χ4n) is 3.50. The van der Waals surface area contributed by atoms with Crippen LogP contribution in [0.1, 0.15) is 18.4 Å². The summed E-state index contributed by atoms with van der Waals surface area (Å²) in [5.74, 6) is -0.709. The Morgan fingerprint density at radius 2 is 2.00 bits per heavy atom. The number of hydrogen-bond donors (Lipinski definition) is 1. The lowest BCUT2D eigenvalue weighted by molar-refractivity contribution is -0.130. The largest absolute Gasteiger partial charge is 0.369 e. The lowest BCUT2D eigenvalue weighted by Crippen LogP contribution is -2.43. The van der Waals surface area contributed by atoms with E-state index < -0.39 is 0 Å². The number of hydrogen-bond acceptors (Lipinski definition) is 4. The molecule has 1 aliphatic rings. The molecule has 6 nitrogen and oxygen atoms in total. The van der Waals surface area contributed by atoms with Gasteiger partial charge in [-0.05, 0) is 42.5 Å². The molecular formula is C22H22N4O2S. The number of nitrogens with two attached hydrogens (primary N) is 1. The molecule has 1 unspecified atom stereocenters. The molecule has 2 N–H and O–H groups in total. The van der Waals surface area contributed by atoms with Gasteiger partial charge in [-0.3, -0.25) is 9.59 Å². The lowest BCUT2D eigenvalue weighted by Gasteiger charge is -2.30. The highest BCUT2D eigenvalue weighted by molar-refractivity contribution is 7.13. The van der Waals surface area contributed by atoms with Crippen molar-refractivity contribution in [3.63, 3.8) is 0 Å². The van der Waals surface area contributed by atoms with Gasteiger partial charge >= 0.3 is 0 Å².